The SMILES string of the molecule is CCC(C)Oc1ccc(-c2cnc(N)c(C)n2)cc1Cl. The number of hydrogen-bond donors (Lipinski definition) is 1. The van der Waals surface area contributed by atoms with Crippen LogP contribution >= 0.6 is 11.6 Å². The third-order valence-corrected chi connectivity index (χ3v) is 3.41. The summed E-state index contributed by atoms with van der Waals surface area (Å²) in [5, 5.41) is 0.569. The highest BCUT2D eigenvalue weighted by atomic mass is 35.5. The van der Waals surface area contributed by atoms with Gasteiger partial charge >= 0.3 is 0 Å². The van der Waals surface area contributed by atoms with Crippen molar-refractivity contribution in [3.63, 3.8) is 0 Å². The molecule has 0 aliphatic carbocycles. The molecule has 2 rings (SSSR count). The smallest absolute Gasteiger partial charge is 0.144 e. The molecule has 106 valence electrons. The molecule has 1 aromatic heterocycles. The van der Waals surface area contributed by atoms with Crippen LogP contribution in [0.4, 0.5) is 5.82 Å². The van der Waals surface area contributed by atoms with E-state index in [1.165, 1.54) is 0 Å². The molecule has 4 nitrogen and oxygen atoms in total. The summed E-state index contributed by atoms with van der Waals surface area (Å²) in [5.74, 6) is 1.13. The number of aromatic nitrogens is 2. The number of benzene rings is 1. The largest absolute Gasteiger partial charge is 0.489 e. The average Bonchev–Trinajstić information content (AvgIpc) is 2.44. The zero-order valence-electron chi connectivity index (χ0n) is 11.9. The Morgan fingerprint density at radius 3 is 2.75 bits per heavy atom. The Kier molecular flexibility index (Phi) is 4.45. The van der Waals surface area contributed by atoms with Crippen LogP contribution in [0.2, 0.25) is 5.02 Å². The number of hydrogen-bond acceptors (Lipinski definition) is 4. The van der Waals surface area contributed by atoms with Crippen LogP contribution in [0.1, 0.15) is 26.0 Å². The molecule has 0 saturated heterocycles. The van der Waals surface area contributed by atoms with Gasteiger partial charge in [0.25, 0.3) is 0 Å². The van der Waals surface area contributed by atoms with Crippen molar-refractivity contribution in [1.82, 2.24) is 9.97 Å². The fourth-order valence-electron chi connectivity index (χ4n) is 1.69. The van der Waals surface area contributed by atoms with E-state index < -0.39 is 0 Å². The van der Waals surface area contributed by atoms with Gasteiger partial charge in [-0.3, -0.25) is 0 Å². The van der Waals surface area contributed by atoms with Gasteiger partial charge in [-0.1, -0.05) is 18.5 Å². The van der Waals surface area contributed by atoms with E-state index in [0.29, 0.717) is 22.3 Å². The normalized spacial score (nSPS) is 12.2. The molecule has 1 atom stereocenters. The molecule has 0 bridgehead atoms. The second-order valence-electron chi connectivity index (χ2n) is 4.71. The molecule has 2 N–H and O–H groups in total. The molecule has 1 unspecified atom stereocenters. The lowest BCUT2D eigenvalue weighted by Gasteiger charge is -2.14. The van der Waals surface area contributed by atoms with E-state index >= 15 is 0 Å². The maximum atomic E-state index is 6.25. The molecule has 0 aliphatic heterocycles. The molecule has 0 aliphatic rings. The van der Waals surface area contributed by atoms with Gasteiger partial charge in [-0.05, 0) is 38.5 Å². The van der Waals surface area contributed by atoms with Crippen LogP contribution in [-0.2, 0) is 0 Å². The topological polar surface area (TPSA) is 61.0 Å². The summed E-state index contributed by atoms with van der Waals surface area (Å²) >= 11 is 6.25. The minimum absolute atomic E-state index is 0.136. The first kappa shape index (κ1) is 14.6. The van der Waals surface area contributed by atoms with Crippen molar-refractivity contribution in [2.24, 2.45) is 0 Å². The van der Waals surface area contributed by atoms with Crippen molar-refractivity contribution in [2.45, 2.75) is 33.3 Å². The first-order valence-corrected chi connectivity index (χ1v) is 6.94. The predicted octanol–water partition coefficient (Wildman–Crippen LogP) is 3.86. The Balaban J connectivity index is 2.30. The molecule has 0 spiro atoms. The average molecular weight is 292 g/mol. The molecule has 2 aromatic rings. The first-order valence-electron chi connectivity index (χ1n) is 6.57. The number of aryl methyl sites for hydroxylation is 1. The highest BCUT2D eigenvalue weighted by molar-refractivity contribution is 6.32. The second kappa shape index (κ2) is 6.09. The molecule has 0 saturated carbocycles. The molecule has 0 amide bonds. The third kappa shape index (κ3) is 3.20. The van der Waals surface area contributed by atoms with Crippen molar-refractivity contribution in [2.75, 3.05) is 5.73 Å². The number of halogens is 1. The number of nitrogens with zero attached hydrogens (tertiary/aromatic N) is 2. The van der Waals surface area contributed by atoms with Crippen LogP contribution in [0.15, 0.2) is 24.4 Å². The number of anilines is 1. The van der Waals surface area contributed by atoms with Crippen LogP contribution < -0.4 is 10.5 Å². The molecule has 0 radical (unpaired) electrons. The summed E-state index contributed by atoms with van der Waals surface area (Å²) in [4.78, 5) is 8.51. The quantitative estimate of drug-likeness (QED) is 0.929. The summed E-state index contributed by atoms with van der Waals surface area (Å²) in [6, 6.07) is 5.61. The van der Waals surface area contributed by atoms with E-state index in [9.17, 15) is 0 Å². The van der Waals surface area contributed by atoms with Gasteiger partial charge in [-0.2, -0.15) is 0 Å². The zero-order valence-corrected chi connectivity index (χ0v) is 12.6. The van der Waals surface area contributed by atoms with Crippen molar-refractivity contribution in [3.8, 4) is 17.0 Å². The summed E-state index contributed by atoms with van der Waals surface area (Å²) in [6.45, 7) is 5.91. The highest BCUT2D eigenvalue weighted by Gasteiger charge is 2.09. The first-order chi connectivity index (χ1) is 9.51. The summed E-state index contributed by atoms with van der Waals surface area (Å²) < 4.78 is 5.74. The van der Waals surface area contributed by atoms with E-state index in [0.717, 1.165) is 17.7 Å². The standard InChI is InChI=1S/C15H18ClN3O/c1-4-9(2)20-14-6-5-11(7-12(14)16)13-8-18-15(17)10(3)19-13/h5-9H,4H2,1-3H3,(H2,17,18). The minimum atomic E-state index is 0.136. The Labute approximate surface area is 124 Å². The van der Waals surface area contributed by atoms with Crippen molar-refractivity contribution in [3.05, 3.63) is 35.1 Å². The summed E-state index contributed by atoms with van der Waals surface area (Å²) in [5.41, 5.74) is 8.01. The van der Waals surface area contributed by atoms with Gasteiger partial charge in [0.1, 0.15) is 11.6 Å². The monoisotopic (exact) mass is 291 g/mol. The molecular formula is C15H18ClN3O. The minimum Gasteiger partial charge on any atom is -0.489 e. The maximum absolute atomic E-state index is 6.25. The highest BCUT2D eigenvalue weighted by Crippen LogP contribution is 2.30. The van der Waals surface area contributed by atoms with E-state index in [1.807, 2.05) is 32.0 Å². The van der Waals surface area contributed by atoms with Crippen LogP contribution in [0.3, 0.4) is 0 Å². The van der Waals surface area contributed by atoms with Crippen LogP contribution in [-0.4, -0.2) is 16.1 Å². The molecular weight excluding hydrogens is 274 g/mol. The maximum Gasteiger partial charge on any atom is 0.144 e. The van der Waals surface area contributed by atoms with Crippen molar-refractivity contribution >= 4 is 17.4 Å². The second-order valence-corrected chi connectivity index (χ2v) is 5.12. The van der Waals surface area contributed by atoms with Crippen LogP contribution in [0, 0.1) is 6.92 Å². The molecule has 0 fully saturated rings. The lowest BCUT2D eigenvalue weighted by atomic mass is 10.1. The third-order valence-electron chi connectivity index (χ3n) is 3.12. The lowest BCUT2D eigenvalue weighted by Crippen LogP contribution is -2.09. The predicted molar refractivity (Wildman–Crippen MR) is 82.0 cm³/mol. The Morgan fingerprint density at radius 1 is 1.40 bits per heavy atom. The Hall–Kier alpha value is -1.81. The van der Waals surface area contributed by atoms with E-state index in [1.54, 1.807) is 6.20 Å². The van der Waals surface area contributed by atoms with E-state index in [4.69, 9.17) is 22.1 Å². The molecule has 1 heterocycles. The number of rotatable bonds is 4. The molecule has 20 heavy (non-hydrogen) atoms. The van der Waals surface area contributed by atoms with Gasteiger partial charge in [0.05, 0.1) is 28.7 Å². The lowest BCUT2D eigenvalue weighted by molar-refractivity contribution is 0.217. The molecule has 5 heteroatoms. The summed E-state index contributed by atoms with van der Waals surface area (Å²) in [6.07, 6.45) is 2.71. The number of ether oxygens (including phenoxy) is 1. The van der Waals surface area contributed by atoms with Crippen LogP contribution in [0.5, 0.6) is 5.75 Å². The number of nitrogen functional groups attached to an aromatic ring is 1. The van der Waals surface area contributed by atoms with Gasteiger partial charge in [0.2, 0.25) is 0 Å². The van der Waals surface area contributed by atoms with Gasteiger partial charge in [-0.15, -0.1) is 0 Å². The van der Waals surface area contributed by atoms with Crippen LogP contribution in [0.25, 0.3) is 11.3 Å². The number of nitrogens with two attached hydrogens (primary N) is 1. The fourth-order valence-corrected chi connectivity index (χ4v) is 1.91. The fraction of sp³-hybridized carbons (Fsp3) is 0.333. The Morgan fingerprint density at radius 2 is 2.15 bits per heavy atom. The van der Waals surface area contributed by atoms with Gasteiger partial charge in [-0.25, -0.2) is 9.97 Å². The van der Waals surface area contributed by atoms with Gasteiger partial charge in [0.15, 0.2) is 0 Å². The van der Waals surface area contributed by atoms with Crippen molar-refractivity contribution < 1.29 is 4.74 Å². The van der Waals surface area contributed by atoms with E-state index in [-0.39, 0.29) is 6.10 Å². The van der Waals surface area contributed by atoms with Gasteiger partial charge < -0.3 is 10.5 Å². The zero-order chi connectivity index (χ0) is 14.7. The summed E-state index contributed by atoms with van der Waals surface area (Å²) in [7, 11) is 0. The van der Waals surface area contributed by atoms with Gasteiger partial charge in [0, 0.05) is 5.56 Å². The van der Waals surface area contributed by atoms with E-state index in [2.05, 4.69) is 16.9 Å². The van der Waals surface area contributed by atoms with Crippen molar-refractivity contribution in [1.29, 1.82) is 0 Å². The Bertz CT molecular complexity index is 616. The molecule has 1 aromatic carbocycles.